The van der Waals surface area contributed by atoms with Crippen molar-refractivity contribution in [3.63, 3.8) is 0 Å². The van der Waals surface area contributed by atoms with Crippen LogP contribution in [-0.4, -0.2) is 23.9 Å². The van der Waals surface area contributed by atoms with Crippen molar-refractivity contribution in [2.45, 2.75) is 18.7 Å². The summed E-state index contributed by atoms with van der Waals surface area (Å²) in [6, 6.07) is 21.9. The van der Waals surface area contributed by atoms with Crippen LogP contribution in [0.4, 0.5) is 11.4 Å². The van der Waals surface area contributed by atoms with Gasteiger partial charge in [-0.2, -0.15) is 0 Å². The molecule has 2 aliphatic rings. The second-order valence-electron chi connectivity index (χ2n) is 8.13. The van der Waals surface area contributed by atoms with Crippen molar-refractivity contribution < 1.29 is 14.3 Å². The number of hydrogen-bond donors (Lipinski definition) is 2. The molecule has 2 aliphatic heterocycles. The van der Waals surface area contributed by atoms with Crippen molar-refractivity contribution in [1.82, 2.24) is 5.32 Å². The van der Waals surface area contributed by atoms with Gasteiger partial charge in [0.2, 0.25) is 5.91 Å². The number of benzene rings is 3. The molecule has 0 spiro atoms. The molecular formula is C25H22ClN3O3S. The van der Waals surface area contributed by atoms with Crippen LogP contribution in [0.2, 0.25) is 5.02 Å². The van der Waals surface area contributed by atoms with Crippen LogP contribution in [0.15, 0.2) is 72.8 Å². The first-order chi connectivity index (χ1) is 15.9. The Kier molecular flexibility index (Phi) is 5.38. The number of carbonyl (C=O) groups is 1. The van der Waals surface area contributed by atoms with Crippen molar-refractivity contribution in [1.29, 1.82) is 0 Å². The molecule has 0 aliphatic carbocycles. The topological polar surface area (TPSA) is 62.8 Å². The highest BCUT2D eigenvalue weighted by Crippen LogP contribution is 2.49. The van der Waals surface area contributed by atoms with Gasteiger partial charge in [-0.1, -0.05) is 29.8 Å². The molecule has 1 amide bonds. The van der Waals surface area contributed by atoms with Gasteiger partial charge >= 0.3 is 0 Å². The third kappa shape index (κ3) is 3.67. The maximum atomic E-state index is 13.7. The van der Waals surface area contributed by atoms with Crippen LogP contribution < -0.4 is 25.0 Å². The van der Waals surface area contributed by atoms with Gasteiger partial charge in [-0.15, -0.1) is 0 Å². The minimum Gasteiger partial charge on any atom is -0.497 e. The SMILES string of the molecule is COc1ccc(N2C(=S)N[C@H]3c4ccccc4O[C@@]2(C)[C@H]3C(=O)Nc2ccc(Cl)cc2)cc1. The van der Waals surface area contributed by atoms with Crippen LogP contribution in [0.3, 0.4) is 0 Å². The van der Waals surface area contributed by atoms with Gasteiger partial charge in [0.05, 0.1) is 13.2 Å². The van der Waals surface area contributed by atoms with Gasteiger partial charge in [0.25, 0.3) is 0 Å². The van der Waals surface area contributed by atoms with Gasteiger partial charge in [-0.25, -0.2) is 0 Å². The average Bonchev–Trinajstić information content (AvgIpc) is 2.80. The van der Waals surface area contributed by atoms with E-state index < -0.39 is 11.6 Å². The highest BCUT2D eigenvalue weighted by atomic mass is 35.5. The third-order valence-corrected chi connectivity index (χ3v) is 6.68. The van der Waals surface area contributed by atoms with E-state index in [9.17, 15) is 4.79 Å². The molecule has 2 N–H and O–H groups in total. The zero-order valence-corrected chi connectivity index (χ0v) is 19.6. The largest absolute Gasteiger partial charge is 0.497 e. The van der Waals surface area contributed by atoms with Gasteiger partial charge in [0.15, 0.2) is 10.8 Å². The number of rotatable bonds is 4. The fourth-order valence-corrected chi connectivity index (χ4v) is 5.14. The molecule has 1 saturated heterocycles. The van der Waals surface area contributed by atoms with E-state index >= 15 is 0 Å². The maximum Gasteiger partial charge on any atom is 0.236 e. The van der Waals surface area contributed by atoms with Gasteiger partial charge in [-0.05, 0) is 73.7 Å². The van der Waals surface area contributed by atoms with E-state index in [-0.39, 0.29) is 11.9 Å². The number of amides is 1. The molecule has 3 aromatic rings. The number of carbonyl (C=O) groups excluding carboxylic acids is 1. The first-order valence-corrected chi connectivity index (χ1v) is 11.3. The number of para-hydroxylation sites is 1. The van der Waals surface area contributed by atoms with Crippen molar-refractivity contribution in [2.24, 2.45) is 5.92 Å². The van der Waals surface area contributed by atoms with Crippen LogP contribution in [-0.2, 0) is 4.79 Å². The Bertz CT molecular complexity index is 1220. The summed E-state index contributed by atoms with van der Waals surface area (Å²) in [7, 11) is 1.62. The maximum absolute atomic E-state index is 13.7. The number of nitrogens with zero attached hydrogens (tertiary/aromatic N) is 1. The summed E-state index contributed by atoms with van der Waals surface area (Å²) in [4.78, 5) is 15.6. The molecule has 5 rings (SSSR count). The summed E-state index contributed by atoms with van der Waals surface area (Å²) in [5.41, 5.74) is 1.26. The zero-order valence-electron chi connectivity index (χ0n) is 18.0. The number of fused-ring (bicyclic) bond motifs is 4. The van der Waals surface area contributed by atoms with Crippen LogP contribution in [0, 0.1) is 5.92 Å². The molecule has 33 heavy (non-hydrogen) atoms. The second kappa shape index (κ2) is 8.24. The van der Waals surface area contributed by atoms with Crippen molar-refractivity contribution in [3.05, 3.63) is 83.4 Å². The highest BCUT2D eigenvalue weighted by Gasteiger charge is 2.59. The van der Waals surface area contributed by atoms with E-state index in [1.165, 1.54) is 0 Å². The molecular weight excluding hydrogens is 458 g/mol. The van der Waals surface area contributed by atoms with Crippen molar-refractivity contribution in [3.8, 4) is 11.5 Å². The molecule has 3 aromatic carbocycles. The third-order valence-electron chi connectivity index (χ3n) is 6.13. The zero-order chi connectivity index (χ0) is 23.2. The number of nitrogens with one attached hydrogen (secondary N) is 2. The lowest BCUT2D eigenvalue weighted by Gasteiger charge is -2.56. The monoisotopic (exact) mass is 479 g/mol. The summed E-state index contributed by atoms with van der Waals surface area (Å²) in [6.45, 7) is 1.90. The first kappa shape index (κ1) is 21.6. The average molecular weight is 480 g/mol. The lowest BCUT2D eigenvalue weighted by molar-refractivity contribution is -0.130. The minimum absolute atomic E-state index is 0.187. The molecule has 8 heteroatoms. The summed E-state index contributed by atoms with van der Waals surface area (Å²) < 4.78 is 11.9. The fourth-order valence-electron chi connectivity index (χ4n) is 4.60. The van der Waals surface area contributed by atoms with Crippen molar-refractivity contribution in [2.75, 3.05) is 17.3 Å². The molecule has 1 fully saturated rings. The molecule has 2 bridgehead atoms. The molecule has 3 atom stereocenters. The molecule has 168 valence electrons. The van der Waals surface area contributed by atoms with Crippen LogP contribution in [0.25, 0.3) is 0 Å². The Morgan fingerprint density at radius 2 is 1.82 bits per heavy atom. The number of hydrogen-bond acceptors (Lipinski definition) is 4. The number of methoxy groups -OCH3 is 1. The first-order valence-electron chi connectivity index (χ1n) is 10.5. The summed E-state index contributed by atoms with van der Waals surface area (Å²) >= 11 is 11.8. The minimum atomic E-state index is -1.08. The Morgan fingerprint density at radius 1 is 1.12 bits per heavy atom. The molecule has 0 unspecified atom stereocenters. The Morgan fingerprint density at radius 3 is 2.52 bits per heavy atom. The van der Waals surface area contributed by atoms with Gasteiger partial charge < -0.3 is 20.1 Å². The van der Waals surface area contributed by atoms with Crippen molar-refractivity contribution >= 4 is 46.2 Å². The lowest BCUT2D eigenvalue weighted by Crippen LogP contribution is -2.72. The van der Waals surface area contributed by atoms with E-state index in [4.69, 9.17) is 33.3 Å². The fraction of sp³-hybridized carbons (Fsp3) is 0.200. The van der Waals surface area contributed by atoms with Gasteiger partial charge in [0, 0.05) is 22.0 Å². The van der Waals surface area contributed by atoms with E-state index in [1.807, 2.05) is 60.4 Å². The molecule has 6 nitrogen and oxygen atoms in total. The number of anilines is 2. The summed E-state index contributed by atoms with van der Waals surface area (Å²) in [5.74, 6) is 0.642. The van der Waals surface area contributed by atoms with Crippen LogP contribution in [0.1, 0.15) is 18.5 Å². The number of thiocarbonyl (C=S) groups is 1. The Balaban J connectivity index is 1.59. The predicted molar refractivity (Wildman–Crippen MR) is 133 cm³/mol. The van der Waals surface area contributed by atoms with Crippen LogP contribution in [0.5, 0.6) is 11.5 Å². The van der Waals surface area contributed by atoms with Gasteiger partial charge in [0.1, 0.15) is 17.4 Å². The quantitative estimate of drug-likeness (QED) is 0.505. The molecule has 0 radical (unpaired) electrons. The van der Waals surface area contributed by atoms with E-state index in [2.05, 4.69) is 10.6 Å². The normalized spacial score (nSPS) is 23.1. The predicted octanol–water partition coefficient (Wildman–Crippen LogP) is 5.15. The number of ether oxygens (including phenoxy) is 2. The smallest absolute Gasteiger partial charge is 0.236 e. The van der Waals surface area contributed by atoms with Gasteiger partial charge in [-0.3, -0.25) is 9.69 Å². The molecule has 0 aromatic heterocycles. The summed E-state index contributed by atoms with van der Waals surface area (Å²) in [6.07, 6.45) is 0. The van der Waals surface area contributed by atoms with E-state index in [1.54, 1.807) is 31.4 Å². The van der Waals surface area contributed by atoms with Crippen LogP contribution >= 0.6 is 23.8 Å². The summed E-state index contributed by atoms with van der Waals surface area (Å²) in [5, 5.41) is 7.50. The molecule has 2 heterocycles. The second-order valence-corrected chi connectivity index (χ2v) is 8.95. The number of halogens is 1. The Labute approximate surface area is 202 Å². The molecule has 0 saturated carbocycles. The van der Waals surface area contributed by atoms with E-state index in [0.29, 0.717) is 21.6 Å². The standard InChI is InChI=1S/C25H22ClN3O3S/c1-25-21(23(30)27-16-9-7-15(26)8-10-16)22(19-5-3-4-6-20(19)32-25)28-24(33)29(25)17-11-13-18(31-2)14-12-17/h3-14,21-22H,1-2H3,(H,27,30)(H,28,33)/t21-,22+,25+/m1/s1. The Hall–Kier alpha value is -3.29. The van der Waals surface area contributed by atoms with E-state index in [0.717, 1.165) is 17.0 Å². The highest BCUT2D eigenvalue weighted by molar-refractivity contribution is 7.80. The lowest BCUT2D eigenvalue weighted by atomic mass is 9.78.